The van der Waals surface area contributed by atoms with Gasteiger partial charge in [-0.05, 0) is 85.2 Å². The second-order valence-electron chi connectivity index (χ2n) is 9.34. The molecule has 3 N–H and O–H groups in total. The highest BCUT2D eigenvalue weighted by atomic mass is 35.5. The summed E-state index contributed by atoms with van der Waals surface area (Å²) in [7, 11) is -3.92. The number of thioether (sulfide) groups is 1. The molecule has 0 radical (unpaired) electrons. The number of unbranched alkanes of at least 4 members (excludes halogenated alkanes) is 1. The summed E-state index contributed by atoms with van der Waals surface area (Å²) in [6.45, 7) is 1.18. The van der Waals surface area contributed by atoms with Crippen LogP contribution in [0.25, 0.3) is 0 Å². The quantitative estimate of drug-likeness (QED) is 0.145. The monoisotopic (exact) mass is 527 g/mol. The Morgan fingerprint density at radius 1 is 1.03 bits per heavy atom. The predicted octanol–water partition coefficient (Wildman–Crippen LogP) is 7.30. The van der Waals surface area contributed by atoms with Crippen molar-refractivity contribution in [3.05, 3.63) is 64.4 Å². The minimum absolute atomic E-state index is 0.0959. The van der Waals surface area contributed by atoms with Crippen LogP contribution in [0.4, 0.5) is 4.39 Å². The molecule has 0 heterocycles. The lowest BCUT2D eigenvalue weighted by molar-refractivity contribution is 0.267. The first-order valence-corrected chi connectivity index (χ1v) is 15.4. The Kier molecular flexibility index (Phi) is 10.9. The smallest absolute Gasteiger partial charge is 0.324 e. The third kappa shape index (κ3) is 8.96. The molecule has 0 atom stereocenters. The van der Waals surface area contributed by atoms with Crippen LogP contribution in [0, 0.1) is 5.82 Å². The van der Waals surface area contributed by atoms with Crippen molar-refractivity contribution in [2.24, 2.45) is 0 Å². The van der Waals surface area contributed by atoms with Gasteiger partial charge in [0, 0.05) is 11.4 Å². The van der Waals surface area contributed by atoms with Gasteiger partial charge in [0.1, 0.15) is 5.82 Å². The summed E-state index contributed by atoms with van der Waals surface area (Å²) >= 11 is 8.28. The van der Waals surface area contributed by atoms with Crippen molar-refractivity contribution in [1.82, 2.24) is 5.32 Å². The molecule has 4 nitrogen and oxygen atoms in total. The summed E-state index contributed by atoms with van der Waals surface area (Å²) in [6, 6.07) is 13.3. The largest absolute Gasteiger partial charge is 0.325 e. The van der Waals surface area contributed by atoms with Crippen LogP contribution in [-0.2, 0) is 16.5 Å². The Morgan fingerprint density at radius 2 is 1.76 bits per heavy atom. The van der Waals surface area contributed by atoms with Crippen LogP contribution >= 0.6 is 31.0 Å². The Morgan fingerprint density at radius 3 is 2.44 bits per heavy atom. The van der Waals surface area contributed by atoms with Crippen molar-refractivity contribution in [2.45, 2.75) is 74.6 Å². The fraction of sp³-hybridized carbons (Fsp3) is 0.538. The third-order valence-corrected chi connectivity index (χ3v) is 9.19. The molecule has 8 heteroatoms. The highest BCUT2D eigenvalue weighted by Crippen LogP contribution is 2.43. The predicted molar refractivity (Wildman–Crippen MR) is 140 cm³/mol. The molecule has 0 saturated heterocycles. The first-order chi connectivity index (χ1) is 16.3. The Hall–Kier alpha value is -0.880. The van der Waals surface area contributed by atoms with E-state index in [1.165, 1.54) is 37.7 Å². The van der Waals surface area contributed by atoms with Gasteiger partial charge in [0.25, 0.3) is 0 Å². The zero-order valence-corrected chi connectivity index (χ0v) is 22.1. The van der Waals surface area contributed by atoms with Gasteiger partial charge in [-0.3, -0.25) is 4.57 Å². The molecule has 1 aliphatic carbocycles. The van der Waals surface area contributed by atoms with Crippen molar-refractivity contribution in [3.63, 3.8) is 0 Å². The van der Waals surface area contributed by atoms with E-state index < -0.39 is 7.60 Å². The molecule has 0 aromatic heterocycles. The van der Waals surface area contributed by atoms with Crippen molar-refractivity contribution in [3.8, 4) is 0 Å². The van der Waals surface area contributed by atoms with E-state index in [1.807, 2.05) is 18.2 Å². The van der Waals surface area contributed by atoms with Gasteiger partial charge < -0.3 is 15.1 Å². The van der Waals surface area contributed by atoms with Gasteiger partial charge in [0.05, 0.1) is 11.2 Å². The van der Waals surface area contributed by atoms with Crippen LogP contribution in [0.3, 0.4) is 0 Å². The first kappa shape index (κ1) is 27.7. The summed E-state index contributed by atoms with van der Waals surface area (Å²) in [6.07, 6.45) is 9.98. The molecule has 0 unspecified atom stereocenters. The van der Waals surface area contributed by atoms with Crippen molar-refractivity contribution >= 4 is 31.0 Å². The van der Waals surface area contributed by atoms with Crippen LogP contribution in [-0.4, -0.2) is 28.2 Å². The summed E-state index contributed by atoms with van der Waals surface area (Å²) in [5.41, 5.74) is 2.56. The molecule has 1 saturated carbocycles. The Balaban J connectivity index is 1.41. The Bertz CT molecular complexity index is 948. The van der Waals surface area contributed by atoms with Gasteiger partial charge in [-0.1, -0.05) is 55.5 Å². The molecular formula is C26H36ClFNO3PS. The molecule has 0 aliphatic heterocycles. The van der Waals surface area contributed by atoms with E-state index in [-0.39, 0.29) is 17.4 Å². The van der Waals surface area contributed by atoms with Crippen LogP contribution < -0.4 is 5.32 Å². The normalized spacial score (nSPS) is 16.0. The fourth-order valence-corrected chi connectivity index (χ4v) is 6.74. The minimum Gasteiger partial charge on any atom is -0.324 e. The summed E-state index contributed by atoms with van der Waals surface area (Å²) in [5.74, 6) is 0.851. The molecule has 0 spiro atoms. The number of hydrogen-bond acceptors (Lipinski definition) is 3. The zero-order chi connectivity index (χ0) is 24.4. The molecule has 34 heavy (non-hydrogen) atoms. The second-order valence-corrected chi connectivity index (χ2v) is 12.7. The maximum atomic E-state index is 13.4. The molecule has 0 amide bonds. The number of benzene rings is 2. The zero-order valence-electron chi connectivity index (χ0n) is 19.6. The molecule has 1 aliphatic rings. The van der Waals surface area contributed by atoms with Gasteiger partial charge in [-0.15, -0.1) is 11.8 Å². The van der Waals surface area contributed by atoms with Gasteiger partial charge in [0.2, 0.25) is 0 Å². The molecule has 188 valence electrons. The van der Waals surface area contributed by atoms with Crippen LogP contribution in [0.1, 0.15) is 68.9 Å². The van der Waals surface area contributed by atoms with Crippen molar-refractivity contribution in [2.75, 3.05) is 18.5 Å². The third-order valence-electron chi connectivity index (χ3n) is 6.70. The summed E-state index contributed by atoms with van der Waals surface area (Å²) < 4.78 is 24.3. The van der Waals surface area contributed by atoms with Crippen LogP contribution in [0.5, 0.6) is 0 Å². The van der Waals surface area contributed by atoms with E-state index in [0.29, 0.717) is 19.5 Å². The molecular weight excluding hydrogens is 492 g/mol. The highest BCUT2D eigenvalue weighted by molar-refractivity contribution is 7.99. The number of nitrogens with one attached hydrogen (secondary N) is 1. The van der Waals surface area contributed by atoms with E-state index in [0.717, 1.165) is 40.5 Å². The molecule has 3 rings (SSSR count). The lowest BCUT2D eigenvalue weighted by Gasteiger charge is -2.38. The lowest BCUT2D eigenvalue weighted by Crippen LogP contribution is -2.29. The van der Waals surface area contributed by atoms with Gasteiger partial charge >= 0.3 is 7.60 Å². The maximum Gasteiger partial charge on any atom is 0.325 e. The van der Waals surface area contributed by atoms with E-state index in [2.05, 4.69) is 17.4 Å². The van der Waals surface area contributed by atoms with Crippen LogP contribution in [0.2, 0.25) is 5.02 Å². The topological polar surface area (TPSA) is 69.6 Å². The SMILES string of the molecule is O=P(O)(O)CCCNCc1ccc(SCCCCC2(c3ccc(F)cc3)CCCCC2)c(Cl)c1. The Labute approximate surface area is 212 Å². The number of hydrogen-bond donors (Lipinski definition) is 3. The van der Waals surface area contributed by atoms with Gasteiger partial charge in [0.15, 0.2) is 0 Å². The van der Waals surface area contributed by atoms with E-state index in [9.17, 15) is 8.96 Å². The second kappa shape index (κ2) is 13.4. The lowest BCUT2D eigenvalue weighted by atomic mass is 9.67. The summed E-state index contributed by atoms with van der Waals surface area (Å²) in [4.78, 5) is 18.9. The molecule has 2 aromatic carbocycles. The number of halogens is 2. The van der Waals surface area contributed by atoms with E-state index >= 15 is 0 Å². The maximum absolute atomic E-state index is 13.4. The first-order valence-electron chi connectivity index (χ1n) is 12.2. The molecule has 1 fully saturated rings. The van der Waals surface area contributed by atoms with Gasteiger partial charge in [-0.2, -0.15) is 0 Å². The standard InChI is InChI=1S/C26H36ClFNO3PS/c27-24-19-21(20-29-16-6-17-33(30,31)32)7-12-25(24)34-18-5-4-15-26(13-2-1-3-14-26)22-8-10-23(28)11-9-22/h7-12,19,29H,1-6,13-18,20H2,(H2,30,31,32). The van der Waals surface area contributed by atoms with Crippen molar-refractivity contribution in [1.29, 1.82) is 0 Å². The average Bonchev–Trinajstić information content (AvgIpc) is 2.80. The van der Waals surface area contributed by atoms with Crippen LogP contribution in [0.15, 0.2) is 47.4 Å². The van der Waals surface area contributed by atoms with Crippen molar-refractivity contribution < 1.29 is 18.7 Å². The fourth-order valence-electron chi connectivity index (χ4n) is 4.88. The van der Waals surface area contributed by atoms with Gasteiger partial charge in [-0.25, -0.2) is 4.39 Å². The minimum atomic E-state index is -3.92. The van der Waals surface area contributed by atoms with E-state index in [1.54, 1.807) is 23.9 Å². The molecule has 2 aromatic rings. The summed E-state index contributed by atoms with van der Waals surface area (Å²) in [5, 5.41) is 3.95. The average molecular weight is 528 g/mol. The highest BCUT2D eigenvalue weighted by Gasteiger charge is 2.33. The number of rotatable bonds is 13. The molecule has 0 bridgehead atoms. The van der Waals surface area contributed by atoms with E-state index in [4.69, 9.17) is 21.4 Å².